The van der Waals surface area contributed by atoms with Gasteiger partial charge in [-0.2, -0.15) is 0 Å². The van der Waals surface area contributed by atoms with Gasteiger partial charge in [-0.05, 0) is 18.8 Å². The summed E-state index contributed by atoms with van der Waals surface area (Å²) < 4.78 is 0. The third-order valence-corrected chi connectivity index (χ3v) is 1.43. The van der Waals surface area contributed by atoms with Gasteiger partial charge >= 0.3 is 5.82 Å². The molecule has 0 amide bonds. The standard InChI is InChI=1S/C7H11N3O3/c1-7(2,11)4-5-3-6(9-8-5)10(12)13/h3,11H,4H2,1-2H3,(H,8,9). The van der Waals surface area contributed by atoms with Crippen molar-refractivity contribution >= 4 is 5.82 Å². The molecule has 0 saturated carbocycles. The van der Waals surface area contributed by atoms with Crippen LogP contribution in [0.2, 0.25) is 0 Å². The lowest BCUT2D eigenvalue weighted by molar-refractivity contribution is -0.389. The molecule has 1 aromatic rings. The molecule has 6 heteroatoms. The summed E-state index contributed by atoms with van der Waals surface area (Å²) in [6.07, 6.45) is 0.289. The van der Waals surface area contributed by atoms with Crippen molar-refractivity contribution in [3.05, 3.63) is 21.9 Å². The highest BCUT2D eigenvalue weighted by Gasteiger charge is 2.18. The van der Waals surface area contributed by atoms with Gasteiger partial charge in [-0.3, -0.25) is 0 Å². The molecule has 0 radical (unpaired) electrons. The van der Waals surface area contributed by atoms with E-state index in [0.717, 1.165) is 0 Å². The van der Waals surface area contributed by atoms with E-state index in [1.807, 2.05) is 0 Å². The van der Waals surface area contributed by atoms with E-state index in [1.165, 1.54) is 6.07 Å². The molecular weight excluding hydrogens is 174 g/mol. The number of aliphatic hydroxyl groups is 1. The molecule has 0 aliphatic carbocycles. The van der Waals surface area contributed by atoms with Crippen LogP contribution >= 0.6 is 0 Å². The quantitative estimate of drug-likeness (QED) is 0.533. The minimum atomic E-state index is -0.900. The van der Waals surface area contributed by atoms with E-state index in [-0.39, 0.29) is 12.2 Å². The number of rotatable bonds is 3. The molecule has 1 rings (SSSR count). The Labute approximate surface area is 74.7 Å². The van der Waals surface area contributed by atoms with Gasteiger partial charge in [0.25, 0.3) is 0 Å². The molecule has 0 aromatic carbocycles. The van der Waals surface area contributed by atoms with Crippen LogP contribution in [0.3, 0.4) is 0 Å². The lowest BCUT2D eigenvalue weighted by atomic mass is 10.0. The minimum absolute atomic E-state index is 0.153. The third kappa shape index (κ3) is 2.83. The summed E-state index contributed by atoms with van der Waals surface area (Å²) in [4.78, 5) is 9.70. The molecule has 0 bridgehead atoms. The first-order chi connectivity index (χ1) is 5.88. The average molecular weight is 185 g/mol. The Morgan fingerprint density at radius 1 is 1.77 bits per heavy atom. The van der Waals surface area contributed by atoms with E-state index < -0.39 is 10.5 Å². The summed E-state index contributed by atoms with van der Waals surface area (Å²) in [5.74, 6) is -0.153. The molecule has 0 unspecified atom stereocenters. The van der Waals surface area contributed by atoms with E-state index in [0.29, 0.717) is 5.69 Å². The van der Waals surface area contributed by atoms with Gasteiger partial charge in [0.05, 0.1) is 17.4 Å². The summed E-state index contributed by atoms with van der Waals surface area (Å²) in [5.41, 5.74) is -0.414. The highest BCUT2D eigenvalue weighted by atomic mass is 16.6. The van der Waals surface area contributed by atoms with Crippen molar-refractivity contribution in [2.75, 3.05) is 0 Å². The fraction of sp³-hybridized carbons (Fsp3) is 0.571. The van der Waals surface area contributed by atoms with Crippen LogP contribution in [-0.2, 0) is 6.42 Å². The van der Waals surface area contributed by atoms with E-state index in [1.54, 1.807) is 13.8 Å². The molecular formula is C7H11N3O3. The maximum Gasteiger partial charge on any atom is 0.342 e. The normalized spacial score (nSPS) is 11.6. The van der Waals surface area contributed by atoms with E-state index in [9.17, 15) is 15.2 Å². The summed E-state index contributed by atoms with van der Waals surface area (Å²) in [6, 6.07) is 1.32. The lowest BCUT2D eigenvalue weighted by Gasteiger charge is -2.13. The summed E-state index contributed by atoms with van der Waals surface area (Å²) in [6.45, 7) is 3.24. The zero-order chi connectivity index (χ0) is 10.1. The predicted molar refractivity (Wildman–Crippen MR) is 45.2 cm³/mol. The lowest BCUT2D eigenvalue weighted by Crippen LogP contribution is -2.21. The number of hydrogen-bond acceptors (Lipinski definition) is 4. The number of aromatic amines is 1. The molecule has 0 aliphatic heterocycles. The fourth-order valence-corrected chi connectivity index (χ4v) is 0.979. The van der Waals surface area contributed by atoms with Gasteiger partial charge in [0.2, 0.25) is 0 Å². The van der Waals surface area contributed by atoms with Crippen LogP contribution in [0.5, 0.6) is 0 Å². The summed E-state index contributed by atoms with van der Waals surface area (Å²) >= 11 is 0. The Balaban J connectivity index is 2.75. The predicted octanol–water partition coefficient (Wildman–Crippen LogP) is 0.631. The van der Waals surface area contributed by atoms with Gasteiger partial charge < -0.3 is 15.2 Å². The van der Waals surface area contributed by atoms with Gasteiger partial charge in [-0.15, -0.1) is 5.10 Å². The third-order valence-electron chi connectivity index (χ3n) is 1.43. The first kappa shape index (κ1) is 9.66. The number of nitro groups is 1. The average Bonchev–Trinajstić information content (AvgIpc) is 2.31. The number of nitrogens with one attached hydrogen (secondary N) is 1. The number of H-pyrrole nitrogens is 1. The van der Waals surface area contributed by atoms with Crippen molar-refractivity contribution in [3.63, 3.8) is 0 Å². The zero-order valence-electron chi connectivity index (χ0n) is 7.44. The topological polar surface area (TPSA) is 92.0 Å². The molecule has 1 heterocycles. The SMILES string of the molecule is CC(C)(O)Cc1cc([N+](=O)[O-])[nH]n1. The fourth-order valence-electron chi connectivity index (χ4n) is 0.979. The molecule has 0 fully saturated rings. The van der Waals surface area contributed by atoms with Crippen LogP contribution in [0, 0.1) is 10.1 Å². The second-order valence-corrected chi connectivity index (χ2v) is 3.49. The maximum absolute atomic E-state index is 10.3. The summed E-state index contributed by atoms with van der Waals surface area (Å²) in [5, 5.41) is 25.6. The van der Waals surface area contributed by atoms with Crippen molar-refractivity contribution in [2.24, 2.45) is 0 Å². The van der Waals surface area contributed by atoms with Crippen molar-refractivity contribution in [3.8, 4) is 0 Å². The minimum Gasteiger partial charge on any atom is -0.390 e. The van der Waals surface area contributed by atoms with Crippen molar-refractivity contribution in [1.82, 2.24) is 10.2 Å². The highest BCUT2D eigenvalue weighted by Crippen LogP contribution is 2.14. The largest absolute Gasteiger partial charge is 0.390 e. The van der Waals surface area contributed by atoms with Crippen LogP contribution in [0.15, 0.2) is 6.07 Å². The molecule has 0 atom stereocenters. The first-order valence-electron chi connectivity index (χ1n) is 3.79. The first-order valence-corrected chi connectivity index (χ1v) is 3.79. The second kappa shape index (κ2) is 3.14. The summed E-state index contributed by atoms with van der Waals surface area (Å²) in [7, 11) is 0. The van der Waals surface area contributed by atoms with Crippen LogP contribution in [0.25, 0.3) is 0 Å². The Bertz CT molecular complexity index is 313. The van der Waals surface area contributed by atoms with E-state index in [2.05, 4.69) is 10.2 Å². The van der Waals surface area contributed by atoms with E-state index in [4.69, 9.17) is 0 Å². The Morgan fingerprint density at radius 2 is 2.38 bits per heavy atom. The van der Waals surface area contributed by atoms with Crippen LogP contribution < -0.4 is 0 Å². The monoisotopic (exact) mass is 185 g/mol. The van der Waals surface area contributed by atoms with Gasteiger partial charge in [0.15, 0.2) is 0 Å². The van der Waals surface area contributed by atoms with Crippen molar-refractivity contribution < 1.29 is 10.0 Å². The molecule has 1 aromatic heterocycles. The van der Waals surface area contributed by atoms with Crippen molar-refractivity contribution in [2.45, 2.75) is 25.9 Å². The molecule has 0 spiro atoms. The molecule has 0 aliphatic rings. The second-order valence-electron chi connectivity index (χ2n) is 3.49. The van der Waals surface area contributed by atoms with E-state index >= 15 is 0 Å². The molecule has 6 nitrogen and oxygen atoms in total. The van der Waals surface area contributed by atoms with Gasteiger partial charge in [0.1, 0.15) is 0 Å². The molecule has 0 saturated heterocycles. The maximum atomic E-state index is 10.3. The Kier molecular flexibility index (Phi) is 2.33. The van der Waals surface area contributed by atoms with Crippen LogP contribution in [0.4, 0.5) is 5.82 Å². The number of aromatic nitrogens is 2. The Hall–Kier alpha value is -1.43. The van der Waals surface area contributed by atoms with Gasteiger partial charge in [-0.1, -0.05) is 5.10 Å². The Morgan fingerprint density at radius 3 is 2.77 bits per heavy atom. The van der Waals surface area contributed by atoms with Gasteiger partial charge in [0, 0.05) is 6.42 Å². The molecule has 72 valence electrons. The molecule has 2 N–H and O–H groups in total. The zero-order valence-corrected chi connectivity index (χ0v) is 7.44. The van der Waals surface area contributed by atoms with Gasteiger partial charge in [-0.25, -0.2) is 0 Å². The van der Waals surface area contributed by atoms with Crippen LogP contribution in [0.1, 0.15) is 19.5 Å². The number of nitrogens with zero attached hydrogens (tertiary/aromatic N) is 2. The smallest absolute Gasteiger partial charge is 0.342 e. The van der Waals surface area contributed by atoms with Crippen LogP contribution in [-0.4, -0.2) is 25.8 Å². The molecule has 13 heavy (non-hydrogen) atoms. The highest BCUT2D eigenvalue weighted by molar-refractivity contribution is 5.21. The van der Waals surface area contributed by atoms with Crippen molar-refractivity contribution in [1.29, 1.82) is 0 Å². The number of hydrogen-bond donors (Lipinski definition) is 2.